The van der Waals surface area contributed by atoms with Crippen molar-refractivity contribution in [2.24, 2.45) is 0 Å². The highest BCUT2D eigenvalue weighted by Crippen LogP contribution is 2.37. The van der Waals surface area contributed by atoms with E-state index >= 15 is 0 Å². The number of nitrogens with zero attached hydrogens (tertiary/aromatic N) is 2. The molecule has 0 saturated carbocycles. The van der Waals surface area contributed by atoms with E-state index < -0.39 is 0 Å². The molecule has 3 rings (SSSR count). The highest BCUT2D eigenvalue weighted by atomic mass is 32.2. The average Bonchev–Trinajstić information content (AvgIpc) is 2.85. The van der Waals surface area contributed by atoms with Gasteiger partial charge in [0.15, 0.2) is 15.8 Å². The van der Waals surface area contributed by atoms with Crippen LogP contribution < -0.4 is 4.90 Å². The summed E-state index contributed by atoms with van der Waals surface area (Å²) in [6.07, 6.45) is 1.58. The number of thiocarbonyl (C=S) groups is 1. The summed E-state index contributed by atoms with van der Waals surface area (Å²) in [5, 5.41) is 28.1. The van der Waals surface area contributed by atoms with Crippen LogP contribution in [0.25, 0.3) is 6.08 Å². The molecule has 0 spiro atoms. The fourth-order valence-corrected chi connectivity index (χ4v) is 3.51. The standard InChI is InChI=1S/C17H10N2O3S2/c18-9-11-3-1-2-4-12(11)19-16(22)15(24-17(19)23)8-10-5-6-13(20)14(21)7-10/h1-8,20-21H/b15-8-. The zero-order valence-corrected chi connectivity index (χ0v) is 13.8. The number of rotatable bonds is 2. The highest BCUT2D eigenvalue weighted by molar-refractivity contribution is 8.27. The quantitative estimate of drug-likeness (QED) is 0.489. The van der Waals surface area contributed by atoms with E-state index in [1.165, 1.54) is 17.0 Å². The van der Waals surface area contributed by atoms with E-state index in [9.17, 15) is 20.3 Å². The van der Waals surface area contributed by atoms with E-state index in [-0.39, 0.29) is 17.4 Å². The number of hydrogen-bond donors (Lipinski definition) is 2. The SMILES string of the molecule is N#Cc1ccccc1N1C(=O)/C(=C/c2ccc(O)c(O)c2)SC1=S. The summed E-state index contributed by atoms with van der Waals surface area (Å²) in [7, 11) is 0. The van der Waals surface area contributed by atoms with Gasteiger partial charge in [-0.1, -0.05) is 42.2 Å². The van der Waals surface area contributed by atoms with Crippen LogP contribution >= 0.6 is 24.0 Å². The summed E-state index contributed by atoms with van der Waals surface area (Å²) in [5.41, 5.74) is 1.36. The Kier molecular flexibility index (Phi) is 4.25. The lowest BCUT2D eigenvalue weighted by Crippen LogP contribution is -2.28. The Bertz CT molecular complexity index is 932. The normalized spacial score (nSPS) is 15.8. The zero-order chi connectivity index (χ0) is 17.3. The third-order valence-electron chi connectivity index (χ3n) is 3.36. The molecule has 1 heterocycles. The highest BCUT2D eigenvalue weighted by Gasteiger charge is 2.34. The molecular formula is C17H10N2O3S2. The minimum Gasteiger partial charge on any atom is -0.504 e. The second-order valence-electron chi connectivity index (χ2n) is 4.89. The maximum absolute atomic E-state index is 12.7. The first kappa shape index (κ1) is 16.1. The number of nitriles is 1. The minimum absolute atomic E-state index is 0.234. The van der Waals surface area contributed by atoms with Crippen LogP contribution in [0.5, 0.6) is 11.5 Å². The van der Waals surface area contributed by atoms with Crippen LogP contribution in [-0.2, 0) is 4.79 Å². The molecule has 24 heavy (non-hydrogen) atoms. The minimum atomic E-state index is -0.333. The van der Waals surface area contributed by atoms with Gasteiger partial charge in [0, 0.05) is 0 Å². The Balaban J connectivity index is 1.99. The zero-order valence-electron chi connectivity index (χ0n) is 12.1. The van der Waals surface area contributed by atoms with Gasteiger partial charge in [0.2, 0.25) is 0 Å². The summed E-state index contributed by atoms with van der Waals surface area (Å²) < 4.78 is 0.331. The van der Waals surface area contributed by atoms with Gasteiger partial charge in [-0.15, -0.1) is 0 Å². The first-order chi connectivity index (χ1) is 11.5. The molecule has 118 valence electrons. The van der Waals surface area contributed by atoms with E-state index in [1.807, 2.05) is 6.07 Å². The van der Waals surface area contributed by atoms with Crippen molar-refractivity contribution in [3.63, 3.8) is 0 Å². The fourth-order valence-electron chi connectivity index (χ4n) is 2.22. The summed E-state index contributed by atoms with van der Waals surface area (Å²) in [6.45, 7) is 0. The van der Waals surface area contributed by atoms with Gasteiger partial charge in [0.25, 0.3) is 5.91 Å². The molecule has 0 aromatic heterocycles. The van der Waals surface area contributed by atoms with E-state index in [4.69, 9.17) is 12.2 Å². The van der Waals surface area contributed by atoms with Crippen LogP contribution in [0.2, 0.25) is 0 Å². The number of thioether (sulfide) groups is 1. The number of benzene rings is 2. The van der Waals surface area contributed by atoms with Crippen molar-refractivity contribution in [1.82, 2.24) is 0 Å². The van der Waals surface area contributed by atoms with Crippen LogP contribution in [0, 0.1) is 11.3 Å². The Hall–Kier alpha value is -2.82. The molecule has 2 aromatic carbocycles. The Morgan fingerprint density at radius 3 is 2.62 bits per heavy atom. The molecule has 1 saturated heterocycles. The van der Waals surface area contributed by atoms with Gasteiger partial charge >= 0.3 is 0 Å². The third kappa shape index (κ3) is 2.85. The molecule has 0 unspecified atom stereocenters. The van der Waals surface area contributed by atoms with Gasteiger partial charge in [-0.25, -0.2) is 0 Å². The number of hydrogen-bond acceptors (Lipinski definition) is 6. The first-order valence-electron chi connectivity index (χ1n) is 6.80. The Morgan fingerprint density at radius 2 is 1.92 bits per heavy atom. The van der Waals surface area contributed by atoms with Crippen molar-refractivity contribution in [3.8, 4) is 17.6 Å². The number of aromatic hydroxyl groups is 2. The van der Waals surface area contributed by atoms with E-state index in [1.54, 1.807) is 36.4 Å². The van der Waals surface area contributed by atoms with Gasteiger partial charge in [-0.2, -0.15) is 5.26 Å². The molecule has 7 heteroatoms. The van der Waals surface area contributed by atoms with Crippen molar-refractivity contribution in [2.45, 2.75) is 0 Å². The van der Waals surface area contributed by atoms with Crippen LogP contribution in [-0.4, -0.2) is 20.4 Å². The van der Waals surface area contributed by atoms with Gasteiger partial charge < -0.3 is 10.2 Å². The van der Waals surface area contributed by atoms with Crippen molar-refractivity contribution in [3.05, 3.63) is 58.5 Å². The largest absolute Gasteiger partial charge is 0.504 e. The second kappa shape index (κ2) is 6.35. The molecule has 1 aliphatic heterocycles. The molecule has 1 aliphatic rings. The predicted octanol–water partition coefficient (Wildman–Crippen LogP) is 3.38. The molecule has 0 aliphatic carbocycles. The molecule has 5 nitrogen and oxygen atoms in total. The predicted molar refractivity (Wildman–Crippen MR) is 96.6 cm³/mol. The lowest BCUT2D eigenvalue weighted by atomic mass is 10.1. The lowest BCUT2D eigenvalue weighted by molar-refractivity contribution is -0.113. The molecule has 2 aromatic rings. The number of carbonyl (C=O) groups excluding carboxylic acids is 1. The van der Waals surface area contributed by atoms with Crippen molar-refractivity contribution >= 4 is 46.0 Å². The number of amides is 1. The maximum Gasteiger partial charge on any atom is 0.270 e. The third-order valence-corrected chi connectivity index (χ3v) is 4.66. The van der Waals surface area contributed by atoms with Gasteiger partial charge in [-0.05, 0) is 35.9 Å². The van der Waals surface area contributed by atoms with E-state index in [0.717, 1.165) is 11.8 Å². The Morgan fingerprint density at radius 1 is 1.17 bits per heavy atom. The maximum atomic E-state index is 12.7. The molecule has 2 N–H and O–H groups in total. The number of carbonyl (C=O) groups is 1. The topological polar surface area (TPSA) is 84.6 Å². The lowest BCUT2D eigenvalue weighted by Gasteiger charge is -2.15. The number of anilines is 1. The van der Waals surface area contributed by atoms with Crippen molar-refractivity contribution in [1.29, 1.82) is 5.26 Å². The number of phenolic OH excluding ortho intramolecular Hbond substituents is 2. The van der Waals surface area contributed by atoms with Gasteiger partial charge in [0.05, 0.1) is 16.2 Å². The average molecular weight is 354 g/mol. The molecular weight excluding hydrogens is 344 g/mol. The smallest absolute Gasteiger partial charge is 0.270 e. The second-order valence-corrected chi connectivity index (χ2v) is 6.57. The van der Waals surface area contributed by atoms with E-state index in [0.29, 0.717) is 26.0 Å². The van der Waals surface area contributed by atoms with Crippen LogP contribution in [0.15, 0.2) is 47.4 Å². The molecule has 0 atom stereocenters. The summed E-state index contributed by atoms with van der Waals surface area (Å²) in [5.74, 6) is -0.836. The fraction of sp³-hybridized carbons (Fsp3) is 0. The van der Waals surface area contributed by atoms with Gasteiger partial charge in [-0.3, -0.25) is 9.69 Å². The monoisotopic (exact) mass is 354 g/mol. The molecule has 1 amide bonds. The van der Waals surface area contributed by atoms with Crippen LogP contribution in [0.4, 0.5) is 5.69 Å². The summed E-state index contributed by atoms with van der Waals surface area (Å²) in [6, 6.07) is 13.1. The van der Waals surface area contributed by atoms with Gasteiger partial charge in [0.1, 0.15) is 6.07 Å². The van der Waals surface area contributed by atoms with Crippen LogP contribution in [0.3, 0.4) is 0 Å². The van der Waals surface area contributed by atoms with E-state index in [2.05, 4.69) is 0 Å². The first-order valence-corrected chi connectivity index (χ1v) is 8.03. The Labute approximate surface area is 147 Å². The van der Waals surface area contributed by atoms with Crippen molar-refractivity contribution in [2.75, 3.05) is 4.90 Å². The molecule has 0 bridgehead atoms. The van der Waals surface area contributed by atoms with Crippen LogP contribution in [0.1, 0.15) is 11.1 Å². The number of phenols is 2. The number of para-hydroxylation sites is 1. The summed E-state index contributed by atoms with van der Waals surface area (Å²) >= 11 is 6.39. The summed E-state index contributed by atoms with van der Waals surface area (Å²) in [4.78, 5) is 14.4. The molecule has 1 fully saturated rings. The van der Waals surface area contributed by atoms with Crippen molar-refractivity contribution < 1.29 is 15.0 Å². The molecule has 0 radical (unpaired) electrons.